The number of hydrogen-bond acceptors (Lipinski definition) is 6. The Morgan fingerprint density at radius 2 is 1.90 bits per heavy atom. The van der Waals surface area contributed by atoms with E-state index in [0.29, 0.717) is 31.5 Å². The maximum atomic E-state index is 13.7. The van der Waals surface area contributed by atoms with Crippen molar-refractivity contribution in [1.82, 2.24) is 19.8 Å². The summed E-state index contributed by atoms with van der Waals surface area (Å²) in [5.41, 5.74) is 5.22. The molecule has 6 rings (SSSR count). The lowest BCUT2D eigenvalue weighted by atomic mass is 9.99. The van der Waals surface area contributed by atoms with Crippen LogP contribution in [-0.4, -0.2) is 53.1 Å². The Hall–Kier alpha value is -3.03. The Kier molecular flexibility index (Phi) is 4.40. The fraction of sp³-hybridized carbons (Fsp3) is 0.375. The third-order valence-electron chi connectivity index (χ3n) is 6.63. The lowest BCUT2D eigenvalue weighted by Gasteiger charge is -2.30. The Morgan fingerprint density at radius 3 is 2.77 bits per heavy atom. The first-order valence-corrected chi connectivity index (χ1v) is 11.0. The molecule has 1 N–H and O–H groups in total. The average molecular weight is 416 g/mol. The van der Waals surface area contributed by atoms with Gasteiger partial charge >= 0.3 is 5.97 Å². The summed E-state index contributed by atoms with van der Waals surface area (Å²) in [5, 5.41) is 4.42. The predicted octanol–water partition coefficient (Wildman–Crippen LogP) is 1.86. The van der Waals surface area contributed by atoms with Gasteiger partial charge in [0.05, 0.1) is 29.0 Å². The molecule has 1 fully saturated rings. The number of carbonyl (C=O) groups excluding carboxylic acids is 1. The van der Waals surface area contributed by atoms with E-state index in [1.54, 1.807) is 4.57 Å². The third-order valence-corrected chi connectivity index (χ3v) is 6.63. The maximum Gasteiger partial charge on any atom is 0.306 e. The molecule has 3 aliphatic heterocycles. The monoisotopic (exact) mass is 416 g/mol. The first-order valence-electron chi connectivity index (χ1n) is 11.0. The zero-order valence-electron chi connectivity index (χ0n) is 17.3. The molecule has 1 unspecified atom stereocenters. The molecule has 0 radical (unpaired) electrons. The van der Waals surface area contributed by atoms with Crippen molar-refractivity contribution in [3.05, 3.63) is 63.4 Å². The Morgan fingerprint density at radius 1 is 1.06 bits per heavy atom. The van der Waals surface area contributed by atoms with Crippen LogP contribution in [0.1, 0.15) is 29.2 Å². The van der Waals surface area contributed by atoms with Crippen LogP contribution in [0.3, 0.4) is 0 Å². The van der Waals surface area contributed by atoms with Gasteiger partial charge in [-0.3, -0.25) is 14.5 Å². The molecule has 1 saturated heterocycles. The van der Waals surface area contributed by atoms with Crippen molar-refractivity contribution < 1.29 is 9.53 Å². The van der Waals surface area contributed by atoms with Gasteiger partial charge in [0.15, 0.2) is 0 Å². The number of rotatable bonds is 2. The largest absolute Gasteiger partial charge is 0.456 e. The van der Waals surface area contributed by atoms with Crippen LogP contribution in [0.15, 0.2) is 41.2 Å². The summed E-state index contributed by atoms with van der Waals surface area (Å²) in [7, 11) is 0. The highest BCUT2D eigenvalue weighted by Crippen LogP contribution is 2.35. The van der Waals surface area contributed by atoms with Crippen molar-refractivity contribution >= 4 is 16.9 Å². The minimum absolute atomic E-state index is 0.0515. The van der Waals surface area contributed by atoms with Gasteiger partial charge < -0.3 is 14.6 Å². The van der Waals surface area contributed by atoms with E-state index in [2.05, 4.69) is 22.3 Å². The topological polar surface area (TPSA) is 76.5 Å². The average Bonchev–Trinajstić information content (AvgIpc) is 3.05. The molecule has 7 heteroatoms. The van der Waals surface area contributed by atoms with Crippen molar-refractivity contribution in [2.24, 2.45) is 0 Å². The fourth-order valence-electron chi connectivity index (χ4n) is 5.06. The third kappa shape index (κ3) is 3.16. The molecule has 1 atom stereocenters. The standard InChI is InChI=1S/C24H24N4O3/c29-21-6-5-16-12-19-23-17(11-15-3-1-2-4-18(15)26-23)13-28(19)24(30)22(16)20(31-21)14-27-9-7-25-8-10-27/h1-4,11-12,20,25H,5-10,13-14H2. The number of aromatic nitrogens is 2. The van der Waals surface area contributed by atoms with E-state index in [9.17, 15) is 9.59 Å². The quantitative estimate of drug-likeness (QED) is 0.503. The number of fused-ring (bicyclic) bond motifs is 5. The number of esters is 1. The highest BCUT2D eigenvalue weighted by molar-refractivity contribution is 5.84. The van der Waals surface area contributed by atoms with Crippen LogP contribution < -0.4 is 10.9 Å². The van der Waals surface area contributed by atoms with E-state index in [-0.39, 0.29) is 11.5 Å². The van der Waals surface area contributed by atoms with Gasteiger partial charge in [-0.15, -0.1) is 0 Å². The molecule has 0 spiro atoms. The second-order valence-corrected chi connectivity index (χ2v) is 8.58. The number of cyclic esters (lactones) is 1. The summed E-state index contributed by atoms with van der Waals surface area (Å²) >= 11 is 0. The zero-order chi connectivity index (χ0) is 20.9. The number of carbonyl (C=O) groups is 1. The molecule has 5 heterocycles. The number of benzene rings is 1. The smallest absolute Gasteiger partial charge is 0.306 e. The molecule has 0 bridgehead atoms. The predicted molar refractivity (Wildman–Crippen MR) is 117 cm³/mol. The summed E-state index contributed by atoms with van der Waals surface area (Å²) in [6.45, 7) is 4.65. The van der Waals surface area contributed by atoms with Crippen molar-refractivity contribution in [3.63, 3.8) is 0 Å². The molecule has 3 aromatic rings. The molecule has 7 nitrogen and oxygen atoms in total. The Labute approximate surface area is 179 Å². The van der Waals surface area contributed by atoms with Gasteiger partial charge in [-0.1, -0.05) is 18.2 Å². The summed E-state index contributed by atoms with van der Waals surface area (Å²) in [6, 6.07) is 12.2. The summed E-state index contributed by atoms with van der Waals surface area (Å²) in [6.07, 6.45) is 0.300. The van der Waals surface area contributed by atoms with Crippen LogP contribution in [0.25, 0.3) is 22.3 Å². The number of pyridine rings is 2. The molecule has 0 saturated carbocycles. The Bertz CT molecular complexity index is 1260. The second kappa shape index (κ2) is 7.28. The zero-order valence-corrected chi connectivity index (χ0v) is 17.3. The van der Waals surface area contributed by atoms with Gasteiger partial charge in [-0.2, -0.15) is 0 Å². The van der Waals surface area contributed by atoms with Gasteiger partial charge in [-0.05, 0) is 30.2 Å². The van der Waals surface area contributed by atoms with E-state index < -0.39 is 6.10 Å². The normalized spacial score (nSPS) is 20.6. The molecular weight excluding hydrogens is 392 g/mol. The van der Waals surface area contributed by atoms with Crippen LogP contribution >= 0.6 is 0 Å². The SMILES string of the molecule is O=C1CCc2cc3n(c(=O)c2C(CN2CCNCC2)O1)Cc1cc2ccccc2nc1-3. The van der Waals surface area contributed by atoms with Gasteiger partial charge in [-0.25, -0.2) is 4.98 Å². The molecule has 0 aliphatic carbocycles. The van der Waals surface area contributed by atoms with Crippen LogP contribution in [0, 0.1) is 0 Å². The summed E-state index contributed by atoms with van der Waals surface area (Å²) in [5.74, 6) is -0.231. The van der Waals surface area contributed by atoms with Crippen LogP contribution in [0.4, 0.5) is 0 Å². The minimum atomic E-state index is -0.524. The lowest BCUT2D eigenvalue weighted by Crippen LogP contribution is -2.46. The Balaban J connectivity index is 1.46. The van der Waals surface area contributed by atoms with E-state index in [0.717, 1.165) is 59.6 Å². The molecule has 1 aromatic carbocycles. The molecule has 0 amide bonds. The number of para-hydroxylation sites is 1. The number of aryl methyl sites for hydroxylation is 1. The first kappa shape index (κ1) is 18.7. The molecule has 2 aromatic heterocycles. The van der Waals surface area contributed by atoms with Crippen molar-refractivity contribution in [2.75, 3.05) is 32.7 Å². The molecule has 31 heavy (non-hydrogen) atoms. The summed E-state index contributed by atoms with van der Waals surface area (Å²) in [4.78, 5) is 33.2. The van der Waals surface area contributed by atoms with Crippen molar-refractivity contribution in [1.29, 1.82) is 0 Å². The molecular formula is C24H24N4O3. The maximum absolute atomic E-state index is 13.7. The van der Waals surface area contributed by atoms with Crippen molar-refractivity contribution in [3.8, 4) is 11.4 Å². The molecule has 3 aliphatic rings. The van der Waals surface area contributed by atoms with Crippen molar-refractivity contribution in [2.45, 2.75) is 25.5 Å². The highest BCUT2D eigenvalue weighted by atomic mass is 16.5. The molecule has 158 valence electrons. The fourth-order valence-corrected chi connectivity index (χ4v) is 5.06. The first-order chi connectivity index (χ1) is 15.2. The number of ether oxygens (including phenoxy) is 1. The van der Waals surface area contributed by atoms with Crippen LogP contribution in [0.2, 0.25) is 0 Å². The van der Waals surface area contributed by atoms with E-state index in [1.807, 2.05) is 24.3 Å². The van der Waals surface area contributed by atoms with E-state index in [4.69, 9.17) is 9.72 Å². The van der Waals surface area contributed by atoms with Gasteiger partial charge in [0.2, 0.25) is 0 Å². The minimum Gasteiger partial charge on any atom is -0.456 e. The number of hydrogen-bond donors (Lipinski definition) is 1. The van der Waals surface area contributed by atoms with Gasteiger partial charge in [0, 0.05) is 50.1 Å². The van der Waals surface area contributed by atoms with E-state index in [1.165, 1.54) is 0 Å². The number of nitrogens with zero attached hydrogens (tertiary/aromatic N) is 3. The number of piperazine rings is 1. The van der Waals surface area contributed by atoms with Crippen LogP contribution in [0.5, 0.6) is 0 Å². The second-order valence-electron chi connectivity index (χ2n) is 8.58. The number of nitrogens with one attached hydrogen (secondary N) is 1. The van der Waals surface area contributed by atoms with Crippen LogP contribution in [-0.2, 0) is 22.5 Å². The van der Waals surface area contributed by atoms with Gasteiger partial charge in [0.25, 0.3) is 5.56 Å². The lowest BCUT2D eigenvalue weighted by molar-refractivity contribution is -0.149. The highest BCUT2D eigenvalue weighted by Gasteiger charge is 2.33. The van der Waals surface area contributed by atoms with Gasteiger partial charge in [0.1, 0.15) is 6.10 Å². The van der Waals surface area contributed by atoms with E-state index >= 15 is 0 Å². The summed E-state index contributed by atoms with van der Waals surface area (Å²) < 4.78 is 7.60.